The van der Waals surface area contributed by atoms with Gasteiger partial charge in [-0.05, 0) is 0 Å². The number of rotatable bonds is 5. The van der Waals surface area contributed by atoms with E-state index in [1.165, 1.54) is 7.05 Å². The molecule has 1 rings (SSSR count). The molecule has 0 atom stereocenters. The molecule has 1 heterocycles. The van der Waals surface area contributed by atoms with Crippen molar-refractivity contribution in [3.05, 3.63) is 16.3 Å². The maximum atomic E-state index is 11.7. The highest BCUT2D eigenvalue weighted by atomic mass is 35.7. The first-order chi connectivity index (χ1) is 8.03. The van der Waals surface area contributed by atoms with Crippen molar-refractivity contribution in [2.24, 2.45) is 7.05 Å². The van der Waals surface area contributed by atoms with Crippen LogP contribution in [-0.4, -0.2) is 43.0 Å². The Kier molecular flexibility index (Phi) is 3.98. The van der Waals surface area contributed by atoms with Gasteiger partial charge in [-0.25, -0.2) is 16.8 Å². The van der Waals surface area contributed by atoms with Gasteiger partial charge in [-0.2, -0.15) is 5.10 Å². The summed E-state index contributed by atoms with van der Waals surface area (Å²) in [6, 6.07) is 0. The molecular formula is C6H8ClN3O6S2. The SMILES string of the molecule is Cn1cc([N+](=O)[O-])c(S(=O)(=O)CCS(=O)(=O)Cl)n1. The Morgan fingerprint density at radius 1 is 1.39 bits per heavy atom. The van der Waals surface area contributed by atoms with Gasteiger partial charge in [0.2, 0.25) is 18.9 Å². The third kappa shape index (κ3) is 3.65. The lowest BCUT2D eigenvalue weighted by atomic mass is 10.6. The Bertz CT molecular complexity index is 676. The van der Waals surface area contributed by atoms with Gasteiger partial charge in [-0.3, -0.25) is 14.8 Å². The summed E-state index contributed by atoms with van der Waals surface area (Å²) in [6.07, 6.45) is 0.919. The van der Waals surface area contributed by atoms with Gasteiger partial charge in [-0.15, -0.1) is 0 Å². The number of nitrogens with zero attached hydrogens (tertiary/aromatic N) is 3. The molecular weight excluding hydrogens is 310 g/mol. The molecule has 9 nitrogen and oxygen atoms in total. The lowest BCUT2D eigenvalue weighted by Gasteiger charge is -1.98. The standard InChI is InChI=1S/C6H8ClN3O6S2/c1-9-4-5(10(11)12)6(8-9)17(13,14)2-3-18(7,15)16/h4H,2-3H2,1H3. The number of sulfone groups is 1. The Balaban J connectivity index is 3.17. The first kappa shape index (κ1) is 14.9. The molecule has 0 saturated carbocycles. The summed E-state index contributed by atoms with van der Waals surface area (Å²) in [5.74, 6) is -1.71. The van der Waals surface area contributed by atoms with E-state index in [0.29, 0.717) is 0 Å². The van der Waals surface area contributed by atoms with Gasteiger partial charge in [0, 0.05) is 17.7 Å². The molecule has 0 aliphatic rings. The van der Waals surface area contributed by atoms with Gasteiger partial charge in [0.05, 0.1) is 16.4 Å². The summed E-state index contributed by atoms with van der Waals surface area (Å²) in [5.41, 5.74) is -0.704. The summed E-state index contributed by atoms with van der Waals surface area (Å²) in [7, 11) is -2.00. The second kappa shape index (κ2) is 4.82. The molecule has 0 spiro atoms. The Morgan fingerprint density at radius 3 is 2.39 bits per heavy atom. The van der Waals surface area contributed by atoms with E-state index in [1.54, 1.807) is 0 Å². The zero-order chi connectivity index (χ0) is 14.1. The van der Waals surface area contributed by atoms with E-state index >= 15 is 0 Å². The smallest absolute Gasteiger partial charge is 0.267 e. The summed E-state index contributed by atoms with van der Waals surface area (Å²) in [6.45, 7) is 0. The minimum atomic E-state index is -4.19. The molecule has 0 fully saturated rings. The molecule has 0 aliphatic carbocycles. The van der Waals surface area contributed by atoms with E-state index in [1.807, 2.05) is 0 Å². The molecule has 0 amide bonds. The second-order valence-electron chi connectivity index (χ2n) is 3.31. The Labute approximate surface area is 107 Å². The van der Waals surface area contributed by atoms with Crippen molar-refractivity contribution in [3.63, 3.8) is 0 Å². The van der Waals surface area contributed by atoms with E-state index in [4.69, 9.17) is 10.7 Å². The predicted octanol–water partition coefficient (Wildman–Crippen LogP) is -0.329. The zero-order valence-corrected chi connectivity index (χ0v) is 11.4. The van der Waals surface area contributed by atoms with Crippen LogP contribution in [0.3, 0.4) is 0 Å². The third-order valence-electron chi connectivity index (χ3n) is 1.86. The molecule has 0 unspecified atom stereocenters. The fraction of sp³-hybridized carbons (Fsp3) is 0.500. The van der Waals surface area contributed by atoms with Crippen molar-refractivity contribution in [2.75, 3.05) is 11.5 Å². The number of hydrogen-bond acceptors (Lipinski definition) is 7. The maximum absolute atomic E-state index is 11.7. The Morgan fingerprint density at radius 2 is 1.94 bits per heavy atom. The molecule has 0 N–H and O–H groups in total. The molecule has 102 valence electrons. The minimum absolute atomic E-state index is 0.704. The van der Waals surface area contributed by atoms with Crippen LogP contribution in [0.1, 0.15) is 0 Å². The zero-order valence-electron chi connectivity index (χ0n) is 8.98. The van der Waals surface area contributed by atoms with Crippen LogP contribution >= 0.6 is 10.7 Å². The molecule has 18 heavy (non-hydrogen) atoms. The van der Waals surface area contributed by atoms with Crippen molar-refractivity contribution in [3.8, 4) is 0 Å². The van der Waals surface area contributed by atoms with Crippen molar-refractivity contribution in [1.82, 2.24) is 9.78 Å². The average Bonchev–Trinajstić information content (AvgIpc) is 2.57. The first-order valence-electron chi connectivity index (χ1n) is 4.36. The number of nitro groups is 1. The molecule has 0 saturated heterocycles. The molecule has 0 bridgehead atoms. The highest BCUT2D eigenvalue weighted by Crippen LogP contribution is 2.22. The average molecular weight is 318 g/mol. The normalized spacial score (nSPS) is 12.6. The number of aryl methyl sites for hydroxylation is 1. The van der Waals surface area contributed by atoms with Crippen LogP contribution in [-0.2, 0) is 25.9 Å². The highest BCUT2D eigenvalue weighted by Gasteiger charge is 2.31. The van der Waals surface area contributed by atoms with Gasteiger partial charge >= 0.3 is 5.69 Å². The maximum Gasteiger partial charge on any atom is 0.325 e. The van der Waals surface area contributed by atoms with Crippen molar-refractivity contribution in [1.29, 1.82) is 0 Å². The van der Waals surface area contributed by atoms with Gasteiger partial charge in [-0.1, -0.05) is 0 Å². The van der Waals surface area contributed by atoms with Gasteiger partial charge in [0.25, 0.3) is 5.03 Å². The van der Waals surface area contributed by atoms with Crippen molar-refractivity contribution < 1.29 is 21.8 Å². The fourth-order valence-corrected chi connectivity index (χ4v) is 4.24. The number of halogens is 1. The summed E-state index contributed by atoms with van der Waals surface area (Å²) in [5, 5.41) is 13.3. The third-order valence-corrected chi connectivity index (χ3v) is 4.90. The first-order valence-corrected chi connectivity index (χ1v) is 8.49. The van der Waals surface area contributed by atoms with E-state index in [0.717, 1.165) is 10.9 Å². The quantitative estimate of drug-likeness (QED) is 0.413. The van der Waals surface area contributed by atoms with Crippen molar-refractivity contribution in [2.45, 2.75) is 5.03 Å². The lowest BCUT2D eigenvalue weighted by molar-refractivity contribution is -0.387. The highest BCUT2D eigenvalue weighted by molar-refractivity contribution is 8.14. The monoisotopic (exact) mass is 317 g/mol. The van der Waals surface area contributed by atoms with Crippen LogP contribution in [0.5, 0.6) is 0 Å². The minimum Gasteiger partial charge on any atom is -0.267 e. The molecule has 0 aromatic carbocycles. The van der Waals surface area contributed by atoms with Gasteiger partial charge < -0.3 is 0 Å². The van der Waals surface area contributed by atoms with Crippen molar-refractivity contribution >= 4 is 35.3 Å². The van der Waals surface area contributed by atoms with Gasteiger partial charge in [0.15, 0.2) is 0 Å². The molecule has 0 aliphatic heterocycles. The number of hydrogen-bond donors (Lipinski definition) is 0. The molecule has 12 heteroatoms. The fourth-order valence-electron chi connectivity index (χ4n) is 1.11. The molecule has 1 aromatic heterocycles. The second-order valence-corrected chi connectivity index (χ2v) is 8.23. The number of aromatic nitrogens is 2. The molecule has 0 radical (unpaired) electrons. The van der Waals surface area contributed by atoms with Crippen LogP contribution in [0.25, 0.3) is 0 Å². The summed E-state index contributed by atoms with van der Waals surface area (Å²) < 4.78 is 45.7. The topological polar surface area (TPSA) is 129 Å². The van der Waals surface area contributed by atoms with Crippen LogP contribution in [0.4, 0.5) is 5.69 Å². The molecule has 1 aromatic rings. The van der Waals surface area contributed by atoms with Gasteiger partial charge in [0.1, 0.15) is 6.20 Å². The predicted molar refractivity (Wildman–Crippen MR) is 61.6 cm³/mol. The van der Waals surface area contributed by atoms with E-state index < -0.39 is 46.0 Å². The van der Waals surface area contributed by atoms with E-state index in [9.17, 15) is 26.9 Å². The lowest BCUT2D eigenvalue weighted by Crippen LogP contribution is -2.16. The largest absolute Gasteiger partial charge is 0.325 e. The van der Waals surface area contributed by atoms with E-state index in [2.05, 4.69) is 5.10 Å². The van der Waals surface area contributed by atoms with Crippen LogP contribution in [0.2, 0.25) is 0 Å². The summed E-state index contributed by atoms with van der Waals surface area (Å²) in [4.78, 5) is 9.72. The Hall–Kier alpha value is -1.20. The summed E-state index contributed by atoms with van der Waals surface area (Å²) >= 11 is 0. The van der Waals surface area contributed by atoms with E-state index in [-0.39, 0.29) is 0 Å². The van der Waals surface area contributed by atoms with Crippen LogP contribution in [0, 0.1) is 10.1 Å². The van der Waals surface area contributed by atoms with Crippen LogP contribution < -0.4 is 0 Å². The van der Waals surface area contributed by atoms with Crippen LogP contribution in [0.15, 0.2) is 11.2 Å².